The summed E-state index contributed by atoms with van der Waals surface area (Å²) < 4.78 is 0. The molecule has 0 radical (unpaired) electrons. The van der Waals surface area contributed by atoms with Crippen LogP contribution in [-0.4, -0.2) is 75.6 Å². The summed E-state index contributed by atoms with van der Waals surface area (Å²) in [6, 6.07) is -0.190. The molecule has 1 aromatic heterocycles. The van der Waals surface area contributed by atoms with Gasteiger partial charge in [0.15, 0.2) is 0 Å². The highest BCUT2D eigenvalue weighted by Gasteiger charge is 2.34. The van der Waals surface area contributed by atoms with Gasteiger partial charge in [-0.15, -0.1) is 0 Å². The van der Waals surface area contributed by atoms with Gasteiger partial charge in [0.05, 0.1) is 18.3 Å². The van der Waals surface area contributed by atoms with E-state index in [4.69, 9.17) is 5.73 Å². The lowest BCUT2D eigenvalue weighted by Crippen LogP contribution is -2.53. The van der Waals surface area contributed by atoms with Gasteiger partial charge in [0, 0.05) is 38.6 Å². The van der Waals surface area contributed by atoms with Gasteiger partial charge in [-0.2, -0.15) is 0 Å². The fraction of sp³-hybridized carbons (Fsp3) is 0.579. The molecule has 3 heterocycles. The quantitative estimate of drug-likeness (QED) is 0.684. The zero-order valence-electron chi connectivity index (χ0n) is 16.5. The van der Waals surface area contributed by atoms with Gasteiger partial charge in [0.25, 0.3) is 11.8 Å². The smallest absolute Gasteiger partial charge is 0.271 e. The lowest BCUT2D eigenvalue weighted by molar-refractivity contribution is -0.143. The third-order valence-corrected chi connectivity index (χ3v) is 5.44. The van der Waals surface area contributed by atoms with Crippen LogP contribution in [0.25, 0.3) is 0 Å². The predicted molar refractivity (Wildman–Crippen MR) is 103 cm³/mol. The number of nitrogens with zero attached hydrogens (tertiary/aromatic N) is 4. The zero-order chi connectivity index (χ0) is 21.0. The summed E-state index contributed by atoms with van der Waals surface area (Å²) in [5.74, 6) is -1.16. The summed E-state index contributed by atoms with van der Waals surface area (Å²) in [4.78, 5) is 59.5. The Bertz CT molecular complexity index is 796. The molecule has 10 nitrogen and oxygen atoms in total. The molecule has 4 amide bonds. The summed E-state index contributed by atoms with van der Waals surface area (Å²) in [6.07, 6.45) is 4.89. The maximum atomic E-state index is 12.9. The number of likely N-dealkylation sites (tertiary alicyclic amines) is 2. The van der Waals surface area contributed by atoms with Crippen LogP contribution in [0.15, 0.2) is 12.4 Å². The van der Waals surface area contributed by atoms with Gasteiger partial charge in [0.1, 0.15) is 11.4 Å². The van der Waals surface area contributed by atoms with Crippen molar-refractivity contribution in [1.29, 1.82) is 0 Å². The number of rotatable bonds is 5. The van der Waals surface area contributed by atoms with E-state index in [2.05, 4.69) is 15.3 Å². The van der Waals surface area contributed by atoms with Crippen LogP contribution in [0.1, 0.15) is 53.6 Å². The molecule has 0 aliphatic carbocycles. The third-order valence-electron chi connectivity index (χ3n) is 5.44. The van der Waals surface area contributed by atoms with Gasteiger partial charge in [0.2, 0.25) is 11.8 Å². The highest BCUT2D eigenvalue weighted by atomic mass is 16.2. The molecule has 0 bridgehead atoms. The number of amides is 4. The number of hydrogen-bond donors (Lipinski definition) is 2. The molecule has 1 aromatic rings. The Labute approximate surface area is 168 Å². The molecule has 1 unspecified atom stereocenters. The number of hydrogen-bond acceptors (Lipinski definition) is 6. The van der Waals surface area contributed by atoms with Crippen LogP contribution >= 0.6 is 0 Å². The normalized spacial score (nSPS) is 22.3. The molecule has 2 aliphatic rings. The zero-order valence-corrected chi connectivity index (χ0v) is 16.5. The molecule has 156 valence electrons. The largest absolute Gasteiger partial charge is 0.364 e. The standard InChI is InChI=1S/C19H26N6O4/c1-2-24-10-12(5-6-16(24)26)19(29)25-7-3-4-13(11-25)23-18(28)15-9-21-14(8-22-15)17(20)27/h8-9,12-13H,2-7,10-11H2,1H3,(H2,20,27)(H,23,28)/t12?,13-/m0/s1. The summed E-state index contributed by atoms with van der Waals surface area (Å²) in [6.45, 7) is 4.05. The Hall–Kier alpha value is -3.04. The van der Waals surface area contributed by atoms with Crippen LogP contribution in [0.4, 0.5) is 0 Å². The molecule has 2 aliphatic heterocycles. The van der Waals surface area contributed by atoms with E-state index in [9.17, 15) is 19.2 Å². The second-order valence-corrected chi connectivity index (χ2v) is 7.42. The molecule has 0 spiro atoms. The van der Waals surface area contributed by atoms with Crippen LogP contribution in [0.3, 0.4) is 0 Å². The average Bonchev–Trinajstić information content (AvgIpc) is 2.73. The second kappa shape index (κ2) is 8.97. The van der Waals surface area contributed by atoms with Crippen LogP contribution in [0.2, 0.25) is 0 Å². The molecule has 0 aromatic carbocycles. The Morgan fingerprint density at radius 1 is 1.17 bits per heavy atom. The van der Waals surface area contributed by atoms with E-state index in [-0.39, 0.29) is 35.2 Å². The average molecular weight is 402 g/mol. The maximum absolute atomic E-state index is 12.9. The second-order valence-electron chi connectivity index (χ2n) is 7.42. The molecule has 2 saturated heterocycles. The van der Waals surface area contributed by atoms with E-state index in [1.54, 1.807) is 9.80 Å². The van der Waals surface area contributed by atoms with Gasteiger partial charge in [-0.25, -0.2) is 9.97 Å². The molecule has 29 heavy (non-hydrogen) atoms. The third kappa shape index (κ3) is 4.87. The monoisotopic (exact) mass is 402 g/mol. The molecule has 3 rings (SSSR count). The topological polar surface area (TPSA) is 139 Å². The minimum atomic E-state index is -0.711. The van der Waals surface area contributed by atoms with Gasteiger partial charge >= 0.3 is 0 Å². The summed E-state index contributed by atoms with van der Waals surface area (Å²) in [5, 5.41) is 2.88. The van der Waals surface area contributed by atoms with E-state index in [1.807, 2.05) is 6.92 Å². The lowest BCUT2D eigenvalue weighted by atomic mass is 9.94. The summed E-state index contributed by atoms with van der Waals surface area (Å²) in [7, 11) is 0. The first kappa shape index (κ1) is 20.7. The molecular weight excluding hydrogens is 376 g/mol. The van der Waals surface area contributed by atoms with Crippen molar-refractivity contribution < 1.29 is 19.2 Å². The van der Waals surface area contributed by atoms with Crippen LogP contribution in [0, 0.1) is 5.92 Å². The number of nitrogens with one attached hydrogen (secondary N) is 1. The van der Waals surface area contributed by atoms with Crippen LogP contribution < -0.4 is 11.1 Å². The lowest BCUT2D eigenvalue weighted by Gasteiger charge is -2.38. The van der Waals surface area contributed by atoms with Crippen LogP contribution in [-0.2, 0) is 9.59 Å². The Kier molecular flexibility index (Phi) is 6.40. The van der Waals surface area contributed by atoms with Crippen molar-refractivity contribution in [2.45, 2.75) is 38.6 Å². The van der Waals surface area contributed by atoms with Crippen molar-refractivity contribution >= 4 is 23.6 Å². The fourth-order valence-electron chi connectivity index (χ4n) is 3.81. The minimum Gasteiger partial charge on any atom is -0.364 e. The number of piperidine rings is 2. The van der Waals surface area contributed by atoms with Crippen molar-refractivity contribution in [2.75, 3.05) is 26.2 Å². The Balaban J connectivity index is 1.57. The molecular formula is C19H26N6O4. The number of carbonyl (C=O) groups is 4. The minimum absolute atomic E-state index is 0.0110. The molecule has 2 atom stereocenters. The Morgan fingerprint density at radius 2 is 1.90 bits per heavy atom. The van der Waals surface area contributed by atoms with E-state index < -0.39 is 11.8 Å². The predicted octanol–water partition coefficient (Wildman–Crippen LogP) is -0.445. The molecule has 0 saturated carbocycles. The Morgan fingerprint density at radius 3 is 2.55 bits per heavy atom. The van der Waals surface area contributed by atoms with Gasteiger partial charge in [-0.3, -0.25) is 19.2 Å². The fourth-order valence-corrected chi connectivity index (χ4v) is 3.81. The van der Waals surface area contributed by atoms with Crippen molar-refractivity contribution in [3.05, 3.63) is 23.8 Å². The maximum Gasteiger partial charge on any atom is 0.271 e. The van der Waals surface area contributed by atoms with Crippen molar-refractivity contribution in [3.8, 4) is 0 Å². The van der Waals surface area contributed by atoms with Gasteiger partial charge in [-0.05, 0) is 26.2 Å². The number of carbonyl (C=O) groups excluding carboxylic acids is 4. The molecule has 2 fully saturated rings. The first-order valence-electron chi connectivity index (χ1n) is 9.88. The number of nitrogens with two attached hydrogens (primary N) is 1. The highest BCUT2D eigenvalue weighted by molar-refractivity contribution is 5.94. The first-order chi connectivity index (χ1) is 13.9. The number of primary amides is 1. The molecule has 10 heteroatoms. The summed E-state index contributed by atoms with van der Waals surface area (Å²) in [5.41, 5.74) is 5.19. The first-order valence-corrected chi connectivity index (χ1v) is 9.88. The van der Waals surface area contributed by atoms with Crippen molar-refractivity contribution in [2.24, 2.45) is 11.7 Å². The van der Waals surface area contributed by atoms with Crippen LogP contribution in [0.5, 0.6) is 0 Å². The van der Waals surface area contributed by atoms with Gasteiger partial charge < -0.3 is 20.9 Å². The highest BCUT2D eigenvalue weighted by Crippen LogP contribution is 2.22. The summed E-state index contributed by atoms with van der Waals surface area (Å²) >= 11 is 0. The SMILES string of the molecule is CCN1CC(C(=O)N2CCC[C@H](NC(=O)c3cnc(C(N)=O)cn3)C2)CCC1=O. The van der Waals surface area contributed by atoms with Crippen molar-refractivity contribution in [3.63, 3.8) is 0 Å². The number of aromatic nitrogens is 2. The van der Waals surface area contributed by atoms with E-state index in [0.717, 1.165) is 19.0 Å². The van der Waals surface area contributed by atoms with Crippen molar-refractivity contribution in [1.82, 2.24) is 25.1 Å². The van der Waals surface area contributed by atoms with Gasteiger partial charge in [-0.1, -0.05) is 0 Å². The van der Waals surface area contributed by atoms with E-state index >= 15 is 0 Å². The van der Waals surface area contributed by atoms with E-state index in [1.165, 1.54) is 6.20 Å². The molecule has 3 N–H and O–H groups in total. The van der Waals surface area contributed by atoms with E-state index in [0.29, 0.717) is 39.0 Å².